The number of carboxylic acid groups (broad SMARTS) is 1. The first-order chi connectivity index (χ1) is 9.47. The molecule has 0 fully saturated rings. The number of amides is 1. The van der Waals surface area contributed by atoms with Crippen LogP contribution in [-0.2, 0) is 9.59 Å². The molecule has 1 aromatic carbocycles. The fraction of sp³-hybridized carbons (Fsp3) is 0.385. The lowest BCUT2D eigenvalue weighted by Gasteiger charge is -2.08. The molecule has 7 heteroatoms. The van der Waals surface area contributed by atoms with E-state index >= 15 is 0 Å². The van der Waals surface area contributed by atoms with E-state index in [0.717, 1.165) is 0 Å². The number of ether oxygens (including phenoxy) is 1. The zero-order chi connectivity index (χ0) is 15.0. The number of aliphatic carboxylic acids is 1. The molecule has 0 aliphatic heterocycles. The van der Waals surface area contributed by atoms with Crippen molar-refractivity contribution in [3.05, 3.63) is 24.3 Å². The van der Waals surface area contributed by atoms with Crippen LogP contribution in [-0.4, -0.2) is 23.6 Å². The van der Waals surface area contributed by atoms with E-state index in [4.69, 9.17) is 5.11 Å². The summed E-state index contributed by atoms with van der Waals surface area (Å²) in [6.45, 7) is -2.92. The molecular formula is C13H15F2NO4. The Morgan fingerprint density at radius 2 is 1.95 bits per heavy atom. The highest BCUT2D eigenvalue weighted by molar-refractivity contribution is 5.90. The summed E-state index contributed by atoms with van der Waals surface area (Å²) in [4.78, 5) is 21.8. The van der Waals surface area contributed by atoms with Crippen molar-refractivity contribution < 1.29 is 28.2 Å². The molecule has 0 heterocycles. The molecule has 0 aliphatic rings. The monoisotopic (exact) mass is 287 g/mol. The minimum Gasteiger partial charge on any atom is -0.481 e. The van der Waals surface area contributed by atoms with Crippen LogP contribution < -0.4 is 10.1 Å². The van der Waals surface area contributed by atoms with Crippen molar-refractivity contribution in [3.8, 4) is 5.75 Å². The van der Waals surface area contributed by atoms with Gasteiger partial charge in [-0.3, -0.25) is 9.59 Å². The summed E-state index contributed by atoms with van der Waals surface area (Å²) in [5.74, 6) is -1.24. The van der Waals surface area contributed by atoms with Crippen LogP contribution >= 0.6 is 0 Å². The number of hydrogen-bond acceptors (Lipinski definition) is 3. The first-order valence-electron chi connectivity index (χ1n) is 6.04. The predicted octanol–water partition coefficient (Wildman–Crippen LogP) is 2.87. The van der Waals surface area contributed by atoms with E-state index in [-0.39, 0.29) is 24.5 Å². The molecule has 0 spiro atoms. The van der Waals surface area contributed by atoms with Gasteiger partial charge in [-0.1, -0.05) is 6.07 Å². The van der Waals surface area contributed by atoms with E-state index in [0.29, 0.717) is 18.5 Å². The van der Waals surface area contributed by atoms with Gasteiger partial charge in [0.25, 0.3) is 0 Å². The Bertz CT molecular complexity index is 465. The Morgan fingerprint density at radius 3 is 2.60 bits per heavy atom. The van der Waals surface area contributed by atoms with E-state index in [2.05, 4.69) is 10.1 Å². The maximum absolute atomic E-state index is 12.0. The van der Waals surface area contributed by atoms with E-state index in [9.17, 15) is 18.4 Å². The van der Waals surface area contributed by atoms with Crippen molar-refractivity contribution in [2.75, 3.05) is 5.32 Å². The molecule has 0 unspecified atom stereocenters. The van der Waals surface area contributed by atoms with E-state index in [1.807, 2.05) is 0 Å². The summed E-state index contributed by atoms with van der Waals surface area (Å²) in [5.41, 5.74) is 0.353. The lowest BCUT2D eigenvalue weighted by molar-refractivity contribution is -0.137. The third-order valence-electron chi connectivity index (χ3n) is 2.39. The van der Waals surface area contributed by atoms with Crippen LogP contribution in [0.2, 0.25) is 0 Å². The summed E-state index contributed by atoms with van der Waals surface area (Å²) in [7, 11) is 0. The SMILES string of the molecule is O=C(O)CCCCC(=O)Nc1cccc(OC(F)F)c1. The molecule has 0 saturated carbocycles. The van der Waals surface area contributed by atoms with Crippen LogP contribution in [0.5, 0.6) is 5.75 Å². The van der Waals surface area contributed by atoms with Crippen molar-refractivity contribution >= 4 is 17.6 Å². The van der Waals surface area contributed by atoms with Gasteiger partial charge in [-0.2, -0.15) is 8.78 Å². The maximum Gasteiger partial charge on any atom is 0.387 e. The highest BCUT2D eigenvalue weighted by Gasteiger charge is 2.07. The minimum atomic E-state index is -2.92. The molecule has 0 saturated heterocycles. The molecule has 20 heavy (non-hydrogen) atoms. The Balaban J connectivity index is 2.39. The minimum absolute atomic E-state index is 0.0188. The summed E-state index contributed by atoms with van der Waals surface area (Å²) < 4.78 is 28.3. The summed E-state index contributed by atoms with van der Waals surface area (Å²) in [6.07, 6.45) is 1.06. The number of benzene rings is 1. The van der Waals surface area contributed by atoms with Gasteiger partial charge in [0.1, 0.15) is 5.75 Å². The maximum atomic E-state index is 12.0. The molecule has 110 valence electrons. The van der Waals surface area contributed by atoms with Crippen molar-refractivity contribution in [2.24, 2.45) is 0 Å². The smallest absolute Gasteiger partial charge is 0.387 e. The number of unbranched alkanes of at least 4 members (excludes halogenated alkanes) is 1. The topological polar surface area (TPSA) is 75.6 Å². The van der Waals surface area contributed by atoms with E-state index in [1.54, 1.807) is 6.07 Å². The number of carbonyl (C=O) groups excluding carboxylic acids is 1. The zero-order valence-corrected chi connectivity index (χ0v) is 10.6. The number of hydrogen-bond donors (Lipinski definition) is 2. The predicted molar refractivity (Wildman–Crippen MR) is 67.8 cm³/mol. The van der Waals surface area contributed by atoms with Crippen LogP contribution in [0.15, 0.2) is 24.3 Å². The Hall–Kier alpha value is -2.18. The summed E-state index contributed by atoms with van der Waals surface area (Å²) >= 11 is 0. The summed E-state index contributed by atoms with van der Waals surface area (Å²) in [6, 6.07) is 5.68. The molecule has 1 aromatic rings. The third-order valence-corrected chi connectivity index (χ3v) is 2.39. The van der Waals surface area contributed by atoms with Gasteiger partial charge in [0, 0.05) is 24.6 Å². The van der Waals surface area contributed by atoms with Gasteiger partial charge in [0.05, 0.1) is 0 Å². The quantitative estimate of drug-likeness (QED) is 0.721. The second kappa shape index (κ2) is 8.08. The van der Waals surface area contributed by atoms with Crippen LogP contribution in [0.25, 0.3) is 0 Å². The Morgan fingerprint density at radius 1 is 1.25 bits per heavy atom. The fourth-order valence-electron chi connectivity index (χ4n) is 1.54. The molecule has 5 nitrogen and oxygen atoms in total. The average molecular weight is 287 g/mol. The largest absolute Gasteiger partial charge is 0.481 e. The molecule has 0 aliphatic carbocycles. The number of alkyl halides is 2. The van der Waals surface area contributed by atoms with Crippen molar-refractivity contribution in [1.29, 1.82) is 0 Å². The number of nitrogens with one attached hydrogen (secondary N) is 1. The molecular weight excluding hydrogens is 272 g/mol. The first-order valence-corrected chi connectivity index (χ1v) is 6.04. The van der Waals surface area contributed by atoms with Crippen LogP contribution in [0.4, 0.5) is 14.5 Å². The van der Waals surface area contributed by atoms with Gasteiger partial charge in [-0.05, 0) is 25.0 Å². The van der Waals surface area contributed by atoms with E-state index in [1.165, 1.54) is 18.2 Å². The number of halogens is 2. The molecule has 0 bridgehead atoms. The second-order valence-corrected chi connectivity index (χ2v) is 4.06. The van der Waals surface area contributed by atoms with Crippen molar-refractivity contribution in [2.45, 2.75) is 32.3 Å². The van der Waals surface area contributed by atoms with Crippen molar-refractivity contribution in [1.82, 2.24) is 0 Å². The Labute approximate surface area is 114 Å². The average Bonchev–Trinajstić information content (AvgIpc) is 2.34. The third kappa shape index (κ3) is 6.67. The highest BCUT2D eigenvalue weighted by atomic mass is 19.3. The zero-order valence-electron chi connectivity index (χ0n) is 10.6. The number of carbonyl (C=O) groups is 2. The molecule has 0 aromatic heterocycles. The molecule has 0 radical (unpaired) electrons. The van der Waals surface area contributed by atoms with Crippen LogP contribution in [0.1, 0.15) is 25.7 Å². The van der Waals surface area contributed by atoms with Crippen LogP contribution in [0.3, 0.4) is 0 Å². The van der Waals surface area contributed by atoms with Gasteiger partial charge in [0.2, 0.25) is 5.91 Å². The second-order valence-electron chi connectivity index (χ2n) is 4.06. The molecule has 1 amide bonds. The van der Waals surface area contributed by atoms with Gasteiger partial charge >= 0.3 is 12.6 Å². The lowest BCUT2D eigenvalue weighted by Crippen LogP contribution is -2.11. The van der Waals surface area contributed by atoms with Crippen molar-refractivity contribution in [3.63, 3.8) is 0 Å². The van der Waals surface area contributed by atoms with Gasteiger partial charge in [-0.25, -0.2) is 0 Å². The fourth-order valence-corrected chi connectivity index (χ4v) is 1.54. The Kier molecular flexibility index (Phi) is 6.42. The molecule has 2 N–H and O–H groups in total. The van der Waals surface area contributed by atoms with Gasteiger partial charge < -0.3 is 15.2 Å². The van der Waals surface area contributed by atoms with E-state index < -0.39 is 12.6 Å². The van der Waals surface area contributed by atoms with Crippen LogP contribution in [0, 0.1) is 0 Å². The van der Waals surface area contributed by atoms with Gasteiger partial charge in [0.15, 0.2) is 0 Å². The number of anilines is 1. The first kappa shape index (κ1) is 15.9. The molecule has 1 rings (SSSR count). The standard InChI is InChI=1S/C13H15F2NO4/c14-13(15)20-10-5-3-4-9(8-10)16-11(17)6-1-2-7-12(18)19/h3-5,8,13H,1-2,6-7H2,(H,16,17)(H,18,19). The lowest BCUT2D eigenvalue weighted by atomic mass is 10.2. The van der Waals surface area contributed by atoms with Gasteiger partial charge in [-0.15, -0.1) is 0 Å². The highest BCUT2D eigenvalue weighted by Crippen LogP contribution is 2.19. The normalized spacial score (nSPS) is 10.3. The summed E-state index contributed by atoms with van der Waals surface area (Å²) in [5, 5.41) is 11.0. The number of rotatable bonds is 8. The molecule has 0 atom stereocenters. The number of carboxylic acids is 1.